The van der Waals surface area contributed by atoms with Crippen LogP contribution in [0.15, 0.2) is 48.5 Å². The Morgan fingerprint density at radius 3 is 2.31 bits per heavy atom. The van der Waals surface area contributed by atoms with Crippen molar-refractivity contribution < 1.29 is 18.4 Å². The monoisotopic (exact) mass is 358 g/mol. The van der Waals surface area contributed by atoms with Gasteiger partial charge < -0.3 is 9.80 Å². The largest absolute Gasteiger partial charge is 0.341 e. The fraction of sp³-hybridized carbons (Fsp3) is 0.300. The van der Waals surface area contributed by atoms with Crippen LogP contribution in [0.1, 0.15) is 22.3 Å². The van der Waals surface area contributed by atoms with Crippen molar-refractivity contribution in [1.82, 2.24) is 9.80 Å². The van der Waals surface area contributed by atoms with Gasteiger partial charge in [-0.2, -0.15) is 0 Å². The minimum Gasteiger partial charge on any atom is -0.341 e. The van der Waals surface area contributed by atoms with E-state index in [0.29, 0.717) is 45.1 Å². The molecule has 0 bridgehead atoms. The first-order valence-electron chi connectivity index (χ1n) is 8.60. The molecule has 0 radical (unpaired) electrons. The summed E-state index contributed by atoms with van der Waals surface area (Å²) in [5.41, 5.74) is 0.804. The molecule has 0 aliphatic carbocycles. The van der Waals surface area contributed by atoms with Gasteiger partial charge in [0.05, 0.1) is 12.0 Å². The van der Waals surface area contributed by atoms with E-state index in [1.807, 2.05) is 30.3 Å². The van der Waals surface area contributed by atoms with Gasteiger partial charge in [-0.3, -0.25) is 9.59 Å². The second-order valence-corrected chi connectivity index (χ2v) is 6.31. The molecule has 1 fully saturated rings. The first-order valence-corrected chi connectivity index (χ1v) is 8.60. The number of rotatable bonds is 3. The summed E-state index contributed by atoms with van der Waals surface area (Å²) in [6.07, 6.45) is 0.941. The van der Waals surface area contributed by atoms with Crippen molar-refractivity contribution in [2.45, 2.75) is 12.8 Å². The van der Waals surface area contributed by atoms with Crippen LogP contribution in [0.5, 0.6) is 0 Å². The molecule has 1 aliphatic rings. The average molecular weight is 358 g/mol. The Bertz CT molecular complexity index is 796. The summed E-state index contributed by atoms with van der Waals surface area (Å²) in [5.74, 6) is -2.04. The van der Waals surface area contributed by atoms with E-state index in [0.717, 1.165) is 17.7 Å². The van der Waals surface area contributed by atoms with Gasteiger partial charge in [0.15, 0.2) is 0 Å². The zero-order chi connectivity index (χ0) is 18.5. The van der Waals surface area contributed by atoms with E-state index in [1.54, 1.807) is 4.90 Å². The molecular weight excluding hydrogens is 338 g/mol. The number of nitrogens with zero attached hydrogens (tertiary/aromatic N) is 2. The third kappa shape index (κ3) is 4.25. The highest BCUT2D eigenvalue weighted by molar-refractivity contribution is 5.94. The fourth-order valence-corrected chi connectivity index (χ4v) is 3.09. The minimum absolute atomic E-state index is 0.0125. The van der Waals surface area contributed by atoms with E-state index in [-0.39, 0.29) is 11.5 Å². The molecule has 26 heavy (non-hydrogen) atoms. The summed E-state index contributed by atoms with van der Waals surface area (Å²) in [6.45, 7) is 1.72. The third-order valence-electron chi connectivity index (χ3n) is 4.50. The van der Waals surface area contributed by atoms with Gasteiger partial charge in [-0.15, -0.1) is 0 Å². The fourth-order valence-electron chi connectivity index (χ4n) is 3.09. The standard InChI is InChI=1S/C20H20F2N2O2/c21-16-7-8-17(18(22)14-16)20(26)24-10-4-9-23(11-12-24)19(25)13-15-5-2-1-3-6-15/h1-3,5-8,14H,4,9-13H2. The van der Waals surface area contributed by atoms with E-state index in [2.05, 4.69) is 0 Å². The van der Waals surface area contributed by atoms with Crippen LogP contribution in [0.3, 0.4) is 0 Å². The van der Waals surface area contributed by atoms with Crippen molar-refractivity contribution in [1.29, 1.82) is 0 Å². The molecule has 0 unspecified atom stereocenters. The molecule has 0 atom stereocenters. The number of halogens is 2. The van der Waals surface area contributed by atoms with Crippen LogP contribution < -0.4 is 0 Å². The van der Waals surface area contributed by atoms with E-state index in [9.17, 15) is 18.4 Å². The van der Waals surface area contributed by atoms with Crippen LogP contribution in [0.2, 0.25) is 0 Å². The molecule has 1 saturated heterocycles. The maximum Gasteiger partial charge on any atom is 0.256 e. The van der Waals surface area contributed by atoms with Crippen molar-refractivity contribution in [3.8, 4) is 0 Å². The molecule has 2 amide bonds. The third-order valence-corrected chi connectivity index (χ3v) is 4.50. The highest BCUT2D eigenvalue weighted by atomic mass is 19.1. The Morgan fingerprint density at radius 2 is 1.58 bits per heavy atom. The number of benzene rings is 2. The summed E-state index contributed by atoms with van der Waals surface area (Å²) in [5, 5.41) is 0. The van der Waals surface area contributed by atoms with Crippen LogP contribution in [-0.2, 0) is 11.2 Å². The van der Waals surface area contributed by atoms with Crippen LogP contribution in [0.4, 0.5) is 8.78 Å². The zero-order valence-electron chi connectivity index (χ0n) is 14.3. The number of hydrogen-bond acceptors (Lipinski definition) is 2. The smallest absolute Gasteiger partial charge is 0.256 e. The topological polar surface area (TPSA) is 40.6 Å². The zero-order valence-corrected chi connectivity index (χ0v) is 14.3. The maximum atomic E-state index is 13.9. The number of carbonyl (C=O) groups is 2. The van der Waals surface area contributed by atoms with E-state index >= 15 is 0 Å². The molecule has 0 saturated carbocycles. The van der Waals surface area contributed by atoms with Gasteiger partial charge in [-0.05, 0) is 24.1 Å². The summed E-state index contributed by atoms with van der Waals surface area (Å²) in [6, 6.07) is 12.4. The molecule has 6 heteroatoms. The van der Waals surface area contributed by atoms with Crippen LogP contribution >= 0.6 is 0 Å². The van der Waals surface area contributed by atoms with Gasteiger partial charge in [0.2, 0.25) is 5.91 Å². The van der Waals surface area contributed by atoms with Gasteiger partial charge in [0.1, 0.15) is 11.6 Å². The highest BCUT2D eigenvalue weighted by Crippen LogP contribution is 2.15. The maximum absolute atomic E-state index is 13.9. The van der Waals surface area contributed by atoms with E-state index in [1.165, 1.54) is 4.90 Å². The molecule has 2 aromatic carbocycles. The predicted molar refractivity (Wildman–Crippen MR) is 93.6 cm³/mol. The summed E-state index contributed by atoms with van der Waals surface area (Å²) >= 11 is 0. The Kier molecular flexibility index (Phi) is 5.61. The second kappa shape index (κ2) is 8.08. The lowest BCUT2D eigenvalue weighted by atomic mass is 10.1. The lowest BCUT2D eigenvalue weighted by Gasteiger charge is -2.22. The molecule has 1 aliphatic heterocycles. The number of hydrogen-bond donors (Lipinski definition) is 0. The van der Waals surface area contributed by atoms with Crippen molar-refractivity contribution in [3.05, 3.63) is 71.3 Å². The molecule has 0 spiro atoms. The van der Waals surface area contributed by atoms with Gasteiger partial charge in [-0.25, -0.2) is 8.78 Å². The number of amides is 2. The first-order chi connectivity index (χ1) is 12.5. The Hall–Kier alpha value is -2.76. The van der Waals surface area contributed by atoms with E-state index < -0.39 is 17.5 Å². The van der Waals surface area contributed by atoms with E-state index in [4.69, 9.17) is 0 Å². The quantitative estimate of drug-likeness (QED) is 0.847. The summed E-state index contributed by atoms with van der Waals surface area (Å²) < 4.78 is 26.9. The number of carbonyl (C=O) groups excluding carboxylic acids is 2. The lowest BCUT2D eigenvalue weighted by molar-refractivity contribution is -0.130. The van der Waals surface area contributed by atoms with Crippen LogP contribution in [-0.4, -0.2) is 47.8 Å². The molecule has 136 valence electrons. The minimum atomic E-state index is -0.865. The second-order valence-electron chi connectivity index (χ2n) is 6.31. The van der Waals surface area contributed by atoms with Crippen molar-refractivity contribution in [2.24, 2.45) is 0 Å². The average Bonchev–Trinajstić information content (AvgIpc) is 2.88. The van der Waals surface area contributed by atoms with Crippen LogP contribution in [0.25, 0.3) is 0 Å². The van der Waals surface area contributed by atoms with Gasteiger partial charge >= 0.3 is 0 Å². The SMILES string of the molecule is O=C(Cc1ccccc1)N1CCCN(C(=O)c2ccc(F)cc2F)CC1. The molecule has 3 rings (SSSR count). The van der Waals surface area contributed by atoms with Crippen molar-refractivity contribution in [2.75, 3.05) is 26.2 Å². The normalized spacial score (nSPS) is 14.8. The molecule has 1 heterocycles. The molecule has 4 nitrogen and oxygen atoms in total. The molecule has 0 aromatic heterocycles. The first kappa shape index (κ1) is 18.0. The Balaban J connectivity index is 1.62. The summed E-state index contributed by atoms with van der Waals surface area (Å²) in [4.78, 5) is 28.2. The summed E-state index contributed by atoms with van der Waals surface area (Å²) in [7, 11) is 0. The van der Waals surface area contributed by atoms with Gasteiger partial charge in [0, 0.05) is 32.2 Å². The Labute approximate surface area is 151 Å². The Morgan fingerprint density at radius 1 is 0.885 bits per heavy atom. The molecule has 2 aromatic rings. The van der Waals surface area contributed by atoms with Crippen molar-refractivity contribution >= 4 is 11.8 Å². The molecule has 0 N–H and O–H groups in total. The van der Waals surface area contributed by atoms with Crippen molar-refractivity contribution in [3.63, 3.8) is 0 Å². The highest BCUT2D eigenvalue weighted by Gasteiger charge is 2.24. The van der Waals surface area contributed by atoms with Crippen LogP contribution in [0, 0.1) is 11.6 Å². The molecular formula is C20H20F2N2O2. The van der Waals surface area contributed by atoms with Gasteiger partial charge in [-0.1, -0.05) is 30.3 Å². The lowest BCUT2D eigenvalue weighted by Crippen LogP contribution is -2.38. The predicted octanol–water partition coefficient (Wildman–Crippen LogP) is 2.88. The van der Waals surface area contributed by atoms with Gasteiger partial charge in [0.25, 0.3) is 5.91 Å².